The summed E-state index contributed by atoms with van der Waals surface area (Å²) in [5, 5.41) is 0. The van der Waals surface area contributed by atoms with Crippen LogP contribution in [-0.2, 0) is 11.7 Å². The van der Waals surface area contributed by atoms with Crippen LogP contribution in [0.1, 0.15) is 14.5 Å². The summed E-state index contributed by atoms with van der Waals surface area (Å²) in [6, 6.07) is 2.98. The smallest absolute Gasteiger partial charge is 0.343 e. The van der Waals surface area contributed by atoms with Gasteiger partial charge in [-0.25, -0.2) is 9.36 Å². The number of hydrogen-bond donors (Lipinski definition) is 0. The summed E-state index contributed by atoms with van der Waals surface area (Å²) in [5.74, 6) is -0.552. The zero-order chi connectivity index (χ0) is 10.8. The van der Waals surface area contributed by atoms with Gasteiger partial charge in [-0.05, 0) is 6.07 Å². The molecule has 3 nitrogen and oxygen atoms in total. The van der Waals surface area contributed by atoms with Gasteiger partial charge in [0.15, 0.2) is 12.4 Å². The topological polar surface area (TPSA) is 30.2 Å². The monoisotopic (exact) mass is 155 g/mol. The van der Waals surface area contributed by atoms with Gasteiger partial charge in [0.1, 0.15) is 16.7 Å². The van der Waals surface area contributed by atoms with Crippen molar-refractivity contribution >= 4 is 5.97 Å². The number of carbonyl (C=O) groups excluding carboxylic acids is 1. The van der Waals surface area contributed by atoms with Crippen LogP contribution in [0.5, 0.6) is 0 Å². The van der Waals surface area contributed by atoms with Crippen molar-refractivity contribution in [2.45, 2.75) is 0 Å². The van der Waals surface area contributed by atoms with Crippen LogP contribution in [-0.4, -0.2) is 13.1 Å². The molecule has 0 fully saturated rings. The summed E-state index contributed by atoms with van der Waals surface area (Å²) >= 11 is 0. The van der Waals surface area contributed by atoms with E-state index in [2.05, 4.69) is 4.74 Å². The lowest BCUT2D eigenvalue weighted by atomic mass is 10.3. The first-order valence-electron chi connectivity index (χ1n) is 4.55. The molecule has 1 aromatic rings. The van der Waals surface area contributed by atoms with Crippen LogP contribution < -0.4 is 4.57 Å². The number of methoxy groups -OCH3 is 1. The van der Waals surface area contributed by atoms with Crippen molar-refractivity contribution in [1.29, 1.82) is 0 Å². The molecule has 1 heterocycles. The maximum absolute atomic E-state index is 11.1. The quantitative estimate of drug-likeness (QED) is 0.431. The Hall–Kier alpha value is -1.38. The van der Waals surface area contributed by atoms with Crippen molar-refractivity contribution < 1.29 is 18.2 Å². The fourth-order valence-electron chi connectivity index (χ4n) is 0.714. The summed E-state index contributed by atoms with van der Waals surface area (Å²) in [4.78, 5) is 11.1. The molecule has 58 valence electrons. The molecule has 0 radical (unpaired) electrons. The number of carbonyl (C=O) groups is 1. The van der Waals surface area contributed by atoms with Crippen molar-refractivity contribution in [3.63, 3.8) is 0 Å². The van der Waals surface area contributed by atoms with E-state index in [0.717, 1.165) is 4.57 Å². The van der Waals surface area contributed by atoms with Crippen molar-refractivity contribution in [2.24, 2.45) is 6.98 Å². The van der Waals surface area contributed by atoms with Gasteiger partial charge in [0.25, 0.3) is 0 Å². The van der Waals surface area contributed by atoms with Crippen molar-refractivity contribution in [3.05, 3.63) is 30.1 Å². The first-order chi connectivity index (χ1) is 6.45. The molecule has 0 aliphatic rings. The lowest BCUT2D eigenvalue weighted by molar-refractivity contribution is -0.671. The van der Waals surface area contributed by atoms with Crippen LogP contribution in [0.15, 0.2) is 24.5 Å². The minimum Gasteiger partial charge on any atom is -0.465 e. The van der Waals surface area contributed by atoms with Gasteiger partial charge in [0, 0.05) is 6.07 Å². The van der Waals surface area contributed by atoms with Gasteiger partial charge in [-0.2, -0.15) is 0 Å². The zero-order valence-electron chi connectivity index (χ0n) is 9.07. The van der Waals surface area contributed by atoms with Crippen LogP contribution in [0, 0.1) is 0 Å². The molecule has 0 aromatic carbocycles. The van der Waals surface area contributed by atoms with Gasteiger partial charge in [0.2, 0.25) is 0 Å². The van der Waals surface area contributed by atoms with E-state index >= 15 is 0 Å². The number of hydrogen-bond acceptors (Lipinski definition) is 2. The maximum atomic E-state index is 11.1. The van der Waals surface area contributed by atoms with E-state index in [4.69, 9.17) is 4.11 Å². The van der Waals surface area contributed by atoms with E-state index in [0.29, 0.717) is 0 Å². The summed E-state index contributed by atoms with van der Waals surface area (Å²) in [6.45, 7) is -2.27. The first kappa shape index (κ1) is 4.49. The Morgan fingerprint density at radius 2 is 2.64 bits per heavy atom. The number of ether oxygens (including phenoxy) is 1. The highest BCUT2D eigenvalue weighted by molar-refractivity contribution is 5.88. The average Bonchev–Trinajstić information content (AvgIpc) is 2.15. The number of aryl methyl sites for hydroxylation is 1. The van der Waals surface area contributed by atoms with E-state index in [1.54, 1.807) is 0 Å². The van der Waals surface area contributed by atoms with Crippen LogP contribution >= 0.6 is 0 Å². The molecule has 0 aliphatic heterocycles. The first-order valence-corrected chi connectivity index (χ1v) is 3.05. The third-order valence-corrected chi connectivity index (χ3v) is 1.22. The van der Waals surface area contributed by atoms with Gasteiger partial charge >= 0.3 is 5.97 Å². The molecule has 0 saturated carbocycles. The molecular formula is C8H10NO2+. The SMILES string of the molecule is [2H]C([2H])([2H])[n+]1cccc(C(=O)OC)c1. The van der Waals surface area contributed by atoms with Gasteiger partial charge in [-0.15, -0.1) is 0 Å². The fraction of sp³-hybridized carbons (Fsp3) is 0.250. The summed E-state index contributed by atoms with van der Waals surface area (Å²) in [7, 11) is 1.25. The zero-order valence-corrected chi connectivity index (χ0v) is 6.07. The molecule has 0 bridgehead atoms. The molecule has 0 spiro atoms. The predicted octanol–water partition coefficient (Wildman–Crippen LogP) is 0.298. The maximum Gasteiger partial charge on any atom is 0.343 e. The Labute approximate surface area is 69.4 Å². The highest BCUT2D eigenvalue weighted by Crippen LogP contribution is 1.95. The molecule has 0 N–H and O–H groups in total. The molecule has 0 amide bonds. The van der Waals surface area contributed by atoms with E-state index < -0.39 is 12.9 Å². The molecular weight excluding hydrogens is 142 g/mol. The van der Waals surface area contributed by atoms with Crippen LogP contribution in [0.25, 0.3) is 0 Å². The van der Waals surface area contributed by atoms with E-state index in [1.807, 2.05) is 0 Å². The minimum absolute atomic E-state index is 0.214. The number of esters is 1. The molecule has 0 saturated heterocycles. The van der Waals surface area contributed by atoms with Crippen molar-refractivity contribution in [3.8, 4) is 0 Å². The Bertz CT molecular complexity index is 349. The molecule has 0 aliphatic carbocycles. The van der Waals surface area contributed by atoms with E-state index in [9.17, 15) is 4.79 Å². The van der Waals surface area contributed by atoms with E-state index in [-0.39, 0.29) is 5.56 Å². The van der Waals surface area contributed by atoms with E-state index in [1.165, 1.54) is 31.6 Å². The largest absolute Gasteiger partial charge is 0.465 e. The number of pyridine rings is 1. The minimum atomic E-state index is -2.27. The van der Waals surface area contributed by atoms with Gasteiger partial charge < -0.3 is 4.74 Å². The van der Waals surface area contributed by atoms with Gasteiger partial charge in [0.05, 0.1) is 7.11 Å². The molecule has 3 heteroatoms. The summed E-state index contributed by atoms with van der Waals surface area (Å²) < 4.78 is 26.8. The second-order valence-corrected chi connectivity index (χ2v) is 1.99. The molecule has 1 rings (SSSR count). The standard InChI is InChI=1S/C8H10NO2/c1-9-5-3-4-7(6-9)8(10)11-2/h3-6H,1-2H3/q+1/i1D3. The van der Waals surface area contributed by atoms with Gasteiger partial charge in [-0.1, -0.05) is 0 Å². The second kappa shape index (κ2) is 3.14. The fourth-order valence-corrected chi connectivity index (χ4v) is 0.714. The van der Waals surface area contributed by atoms with Crippen LogP contribution in [0.2, 0.25) is 0 Å². The van der Waals surface area contributed by atoms with Crippen molar-refractivity contribution in [1.82, 2.24) is 0 Å². The second-order valence-electron chi connectivity index (χ2n) is 1.99. The lowest BCUT2D eigenvalue weighted by Crippen LogP contribution is -2.27. The number of aromatic nitrogens is 1. The highest BCUT2D eigenvalue weighted by atomic mass is 16.5. The normalized spacial score (nSPS) is 14.5. The third kappa shape index (κ3) is 1.77. The van der Waals surface area contributed by atoms with Crippen LogP contribution in [0.4, 0.5) is 0 Å². The predicted molar refractivity (Wildman–Crippen MR) is 39.0 cm³/mol. The number of rotatable bonds is 1. The lowest BCUT2D eigenvalue weighted by Gasteiger charge is -1.94. The molecule has 1 aromatic heterocycles. The molecule has 0 unspecified atom stereocenters. The van der Waals surface area contributed by atoms with Crippen molar-refractivity contribution in [2.75, 3.05) is 7.11 Å². The molecule has 11 heavy (non-hydrogen) atoms. The molecule has 0 atom stereocenters. The Balaban J connectivity index is 3.08. The Morgan fingerprint density at radius 1 is 1.82 bits per heavy atom. The average molecular weight is 155 g/mol. The Kier molecular flexibility index (Phi) is 1.28. The summed E-state index contributed by atoms with van der Waals surface area (Å²) in [6.07, 6.45) is 2.61. The summed E-state index contributed by atoms with van der Waals surface area (Å²) in [5.41, 5.74) is 0.214. The third-order valence-electron chi connectivity index (χ3n) is 1.22. The number of nitrogens with zero attached hydrogens (tertiary/aromatic N) is 1. The Morgan fingerprint density at radius 3 is 3.27 bits per heavy atom. The van der Waals surface area contributed by atoms with Crippen LogP contribution in [0.3, 0.4) is 0 Å². The highest BCUT2D eigenvalue weighted by Gasteiger charge is 2.07. The van der Waals surface area contributed by atoms with Gasteiger partial charge in [-0.3, -0.25) is 0 Å².